The highest BCUT2D eigenvalue weighted by atomic mass is 35.5. The van der Waals surface area contributed by atoms with E-state index in [1.807, 2.05) is 49.0 Å². The Morgan fingerprint density at radius 2 is 1.67 bits per heavy atom. The molecule has 4 heterocycles. The van der Waals surface area contributed by atoms with Crippen molar-refractivity contribution in [2.45, 2.75) is 6.92 Å². The summed E-state index contributed by atoms with van der Waals surface area (Å²) in [4.78, 5) is 40.6. The van der Waals surface area contributed by atoms with Crippen LogP contribution in [0.1, 0.15) is 16.8 Å². The van der Waals surface area contributed by atoms with Crippen LogP contribution < -0.4 is 10.2 Å². The fourth-order valence-electron chi connectivity index (χ4n) is 5.24. The first-order valence-corrected chi connectivity index (χ1v) is 12.3. The van der Waals surface area contributed by atoms with Gasteiger partial charge in [-0.3, -0.25) is 14.9 Å². The van der Waals surface area contributed by atoms with Crippen LogP contribution in [0.4, 0.5) is 5.95 Å². The van der Waals surface area contributed by atoms with Gasteiger partial charge in [-0.2, -0.15) is 0 Å². The van der Waals surface area contributed by atoms with Crippen LogP contribution in [0.25, 0.3) is 33.0 Å². The van der Waals surface area contributed by atoms with E-state index in [-0.39, 0.29) is 5.57 Å². The fraction of sp³-hybridized carbons (Fsp3) is 0.259. The number of anilines is 1. The van der Waals surface area contributed by atoms with Gasteiger partial charge < -0.3 is 14.4 Å². The van der Waals surface area contributed by atoms with E-state index in [9.17, 15) is 9.59 Å². The maximum absolute atomic E-state index is 13.3. The van der Waals surface area contributed by atoms with Crippen molar-refractivity contribution in [1.82, 2.24) is 24.8 Å². The van der Waals surface area contributed by atoms with E-state index in [4.69, 9.17) is 21.6 Å². The zero-order chi connectivity index (χ0) is 25.1. The van der Waals surface area contributed by atoms with Crippen molar-refractivity contribution in [3.8, 4) is 0 Å². The summed E-state index contributed by atoms with van der Waals surface area (Å²) in [6.07, 6.45) is 1.91. The second-order valence-electron chi connectivity index (χ2n) is 9.48. The Bertz CT molecular complexity index is 1610. The Balaban J connectivity index is 1.64. The van der Waals surface area contributed by atoms with Crippen LogP contribution in [0, 0.1) is 6.92 Å². The van der Waals surface area contributed by atoms with Crippen LogP contribution in [-0.4, -0.2) is 64.5 Å². The van der Waals surface area contributed by atoms with Crippen molar-refractivity contribution in [3.05, 3.63) is 64.4 Å². The van der Waals surface area contributed by atoms with E-state index in [0.29, 0.717) is 38.7 Å². The maximum atomic E-state index is 13.3. The molecule has 2 aliphatic heterocycles. The number of likely N-dealkylation sites (N-methyl/N-ethyl adjacent to an activating group) is 1. The molecule has 0 bridgehead atoms. The van der Waals surface area contributed by atoms with Gasteiger partial charge in [0.05, 0.1) is 27.9 Å². The number of amides is 2. The van der Waals surface area contributed by atoms with Crippen molar-refractivity contribution >= 4 is 62.3 Å². The first-order valence-electron chi connectivity index (χ1n) is 11.9. The number of aromatic nitrogens is 3. The summed E-state index contributed by atoms with van der Waals surface area (Å²) in [6, 6.07) is 11.3. The van der Waals surface area contributed by atoms with E-state index in [1.165, 1.54) is 0 Å². The summed E-state index contributed by atoms with van der Waals surface area (Å²) < 4.78 is 1.99. The number of hydrogen-bond acceptors (Lipinski definition) is 6. The Labute approximate surface area is 213 Å². The van der Waals surface area contributed by atoms with Crippen molar-refractivity contribution in [1.29, 1.82) is 0 Å². The van der Waals surface area contributed by atoms with E-state index >= 15 is 0 Å². The lowest BCUT2D eigenvalue weighted by atomic mass is 9.96. The van der Waals surface area contributed by atoms with Gasteiger partial charge >= 0.3 is 0 Å². The molecule has 0 saturated carbocycles. The summed E-state index contributed by atoms with van der Waals surface area (Å²) >= 11 is 6.36. The standard InChI is InChI=1S/C27H25ClN6O2/c1-15-5-4-6-17-19(14-33(3)24(15)17)21-22(26(36)31-25(21)35)23-18-13-16(28)7-8-20(18)29-27(30-23)34-11-9-32(2)10-12-34/h4-8,13-14H,9-12H2,1-3H3,(H,31,35,36). The van der Waals surface area contributed by atoms with Gasteiger partial charge in [0.25, 0.3) is 11.8 Å². The summed E-state index contributed by atoms with van der Waals surface area (Å²) in [6.45, 7) is 5.35. The molecule has 0 spiro atoms. The average molecular weight is 501 g/mol. The molecule has 0 radical (unpaired) electrons. The minimum absolute atomic E-state index is 0.249. The quantitative estimate of drug-likeness (QED) is 0.434. The maximum Gasteiger partial charge on any atom is 0.261 e. The van der Waals surface area contributed by atoms with Gasteiger partial charge in [0, 0.05) is 60.8 Å². The Hall–Kier alpha value is -3.75. The molecular formula is C27H25ClN6O2. The van der Waals surface area contributed by atoms with Crippen LogP contribution in [-0.2, 0) is 16.6 Å². The molecule has 0 atom stereocenters. The highest BCUT2D eigenvalue weighted by Gasteiger charge is 2.36. The third-order valence-electron chi connectivity index (χ3n) is 7.07. The van der Waals surface area contributed by atoms with Crippen LogP contribution in [0.15, 0.2) is 42.6 Å². The second kappa shape index (κ2) is 8.43. The van der Waals surface area contributed by atoms with E-state index < -0.39 is 11.8 Å². The Kier molecular flexibility index (Phi) is 5.31. The van der Waals surface area contributed by atoms with Crippen LogP contribution in [0.3, 0.4) is 0 Å². The molecule has 182 valence electrons. The minimum atomic E-state index is -0.469. The number of piperazine rings is 1. The number of rotatable bonds is 3. The monoisotopic (exact) mass is 500 g/mol. The van der Waals surface area contributed by atoms with Crippen molar-refractivity contribution in [2.75, 3.05) is 38.1 Å². The van der Waals surface area contributed by atoms with Gasteiger partial charge in [0.15, 0.2) is 0 Å². The van der Waals surface area contributed by atoms with Crippen LogP contribution in [0.5, 0.6) is 0 Å². The molecule has 0 unspecified atom stereocenters. The summed E-state index contributed by atoms with van der Waals surface area (Å²) in [7, 11) is 4.03. The molecular weight excluding hydrogens is 476 g/mol. The Morgan fingerprint density at radius 3 is 2.44 bits per heavy atom. The smallest absolute Gasteiger partial charge is 0.261 e. The van der Waals surface area contributed by atoms with Gasteiger partial charge in [-0.1, -0.05) is 29.8 Å². The summed E-state index contributed by atoms with van der Waals surface area (Å²) in [5.41, 5.74) is 4.46. The molecule has 0 aliphatic carbocycles. The SMILES string of the molecule is Cc1cccc2c(C3=C(c4nc(N5CCN(C)CC5)nc5ccc(Cl)cc45)C(=O)NC3=O)cn(C)c12. The first kappa shape index (κ1) is 22.7. The average Bonchev–Trinajstić information content (AvgIpc) is 3.34. The van der Waals surface area contributed by atoms with Crippen molar-refractivity contribution in [3.63, 3.8) is 0 Å². The number of nitrogens with zero attached hydrogens (tertiary/aromatic N) is 5. The molecule has 4 aromatic rings. The highest BCUT2D eigenvalue weighted by Crippen LogP contribution is 2.38. The zero-order valence-corrected chi connectivity index (χ0v) is 21.1. The minimum Gasteiger partial charge on any atom is -0.350 e. The second-order valence-corrected chi connectivity index (χ2v) is 9.92. The number of hydrogen-bond donors (Lipinski definition) is 1. The normalized spacial score (nSPS) is 17.1. The number of imide groups is 1. The number of carbonyl (C=O) groups excluding carboxylic acids is 2. The first-order chi connectivity index (χ1) is 17.3. The summed E-state index contributed by atoms with van der Waals surface area (Å²) in [5, 5.41) is 4.56. The topological polar surface area (TPSA) is 83.4 Å². The van der Waals surface area contributed by atoms with E-state index in [1.54, 1.807) is 12.1 Å². The number of nitrogens with one attached hydrogen (secondary N) is 1. The lowest BCUT2D eigenvalue weighted by Crippen LogP contribution is -2.45. The number of aryl methyl sites for hydroxylation is 2. The number of benzene rings is 2. The largest absolute Gasteiger partial charge is 0.350 e. The molecule has 2 aliphatic rings. The number of fused-ring (bicyclic) bond motifs is 2. The van der Waals surface area contributed by atoms with E-state index in [2.05, 4.69) is 22.2 Å². The lowest BCUT2D eigenvalue weighted by molar-refractivity contribution is -0.122. The van der Waals surface area contributed by atoms with Gasteiger partial charge in [0.1, 0.15) is 0 Å². The molecule has 36 heavy (non-hydrogen) atoms. The van der Waals surface area contributed by atoms with E-state index in [0.717, 1.165) is 42.6 Å². The zero-order valence-electron chi connectivity index (χ0n) is 20.3. The molecule has 1 saturated heterocycles. The van der Waals surface area contributed by atoms with Gasteiger partial charge in [0.2, 0.25) is 5.95 Å². The number of carbonyl (C=O) groups is 2. The van der Waals surface area contributed by atoms with Crippen molar-refractivity contribution in [2.24, 2.45) is 7.05 Å². The third kappa shape index (κ3) is 3.56. The lowest BCUT2D eigenvalue weighted by Gasteiger charge is -2.32. The molecule has 2 amide bonds. The number of halogens is 1. The third-order valence-corrected chi connectivity index (χ3v) is 7.31. The van der Waals surface area contributed by atoms with Crippen LogP contribution >= 0.6 is 11.6 Å². The molecule has 2 aromatic heterocycles. The fourth-order valence-corrected chi connectivity index (χ4v) is 5.41. The molecule has 1 N–H and O–H groups in total. The van der Waals surface area contributed by atoms with Crippen molar-refractivity contribution < 1.29 is 9.59 Å². The molecule has 6 rings (SSSR count). The Morgan fingerprint density at radius 1 is 0.917 bits per heavy atom. The highest BCUT2D eigenvalue weighted by molar-refractivity contribution is 6.50. The molecule has 2 aromatic carbocycles. The molecule has 1 fully saturated rings. The molecule has 9 heteroatoms. The summed E-state index contributed by atoms with van der Waals surface area (Å²) in [5.74, 6) is -0.358. The van der Waals surface area contributed by atoms with Gasteiger partial charge in [-0.15, -0.1) is 0 Å². The predicted octanol–water partition coefficient (Wildman–Crippen LogP) is 3.40. The van der Waals surface area contributed by atoms with Gasteiger partial charge in [-0.05, 0) is 37.7 Å². The molecule has 8 nitrogen and oxygen atoms in total. The predicted molar refractivity (Wildman–Crippen MR) is 142 cm³/mol. The number of para-hydroxylation sites is 1. The van der Waals surface area contributed by atoms with Crippen LogP contribution in [0.2, 0.25) is 5.02 Å². The van der Waals surface area contributed by atoms with Gasteiger partial charge in [-0.25, -0.2) is 9.97 Å².